The molecular weight excluding hydrogens is 758 g/mol. The van der Waals surface area contributed by atoms with Gasteiger partial charge in [-0.25, -0.2) is 8.42 Å². The first-order valence-corrected chi connectivity index (χ1v) is 16.7. The van der Waals surface area contributed by atoms with Crippen molar-refractivity contribution in [1.82, 2.24) is 40.1 Å². The second kappa shape index (κ2) is 23.2. The fourth-order valence-corrected chi connectivity index (χ4v) is 4.58. The number of hydrogen-bond acceptors (Lipinski definition) is 25. The van der Waals surface area contributed by atoms with E-state index < -0.39 is 22.0 Å². The minimum atomic E-state index is -4.73. The average molecular weight is 789 g/mol. The standard InChI is InChI=1S/C24H32N12O12S2.2Na/c37-9-5-35(6-10-38)21-27-19(25-13-49-48-47-41)29-23(31-21)45-17-15-3-1-2-4-16(15)18(34-33-17)46-24-30-20(26-14-50(42,43)44)28-22(32-24)36(7-11-39)8-12-40;;/h1-4,37-41H,5-14H2,(H,42,43,44)(H,25,27,29,31)(H,26,28,30,32);;/q;2*+1/p-2. The van der Waals surface area contributed by atoms with Gasteiger partial charge < -0.3 is 60.1 Å². The molecule has 0 radical (unpaired) electrons. The predicted molar refractivity (Wildman–Crippen MR) is 169 cm³/mol. The van der Waals surface area contributed by atoms with Gasteiger partial charge in [-0.1, -0.05) is 12.1 Å². The van der Waals surface area contributed by atoms with E-state index in [2.05, 4.69) is 60.1 Å². The van der Waals surface area contributed by atoms with E-state index in [-0.39, 0.29) is 159 Å². The number of aliphatic hydroxyl groups is 4. The molecular formula is C24H30N12Na2O12S2. The summed E-state index contributed by atoms with van der Waals surface area (Å²) in [5, 5.41) is 65.3. The fourth-order valence-electron chi connectivity index (χ4n) is 4.00. The van der Waals surface area contributed by atoms with Crippen molar-refractivity contribution >= 4 is 56.7 Å². The zero-order valence-corrected chi connectivity index (χ0v) is 33.4. The van der Waals surface area contributed by atoms with Gasteiger partial charge in [-0.05, 0) is 12.1 Å². The maximum absolute atomic E-state index is 11.2. The molecule has 0 amide bonds. The Hall–Kier alpha value is -2.64. The third kappa shape index (κ3) is 14.0. The van der Waals surface area contributed by atoms with Crippen molar-refractivity contribution in [3.63, 3.8) is 0 Å². The van der Waals surface area contributed by atoms with Crippen LogP contribution in [0.4, 0.5) is 23.8 Å². The maximum Gasteiger partial charge on any atom is 1.00 e. The third-order valence-electron chi connectivity index (χ3n) is 6.02. The number of hydrogen-bond donors (Lipinski definition) is 6. The molecule has 0 saturated carbocycles. The molecule has 52 heavy (non-hydrogen) atoms. The average Bonchev–Trinajstić information content (AvgIpc) is 3.10. The second-order valence-electron chi connectivity index (χ2n) is 9.37. The zero-order valence-electron chi connectivity index (χ0n) is 27.7. The van der Waals surface area contributed by atoms with Gasteiger partial charge in [0.2, 0.25) is 23.8 Å². The smallest absolute Gasteiger partial charge is 0.747 e. The summed E-state index contributed by atoms with van der Waals surface area (Å²) in [7, 11) is -4.73. The van der Waals surface area contributed by atoms with Crippen LogP contribution in [0, 0.1) is 0 Å². The molecule has 4 aromatic rings. The van der Waals surface area contributed by atoms with Crippen LogP contribution in [-0.2, 0) is 19.5 Å². The first-order chi connectivity index (χ1) is 24.2. The molecule has 0 spiro atoms. The molecule has 0 bridgehead atoms. The summed E-state index contributed by atoms with van der Waals surface area (Å²) >= 11 is 0.608. The number of nitrogens with one attached hydrogen (secondary N) is 2. The van der Waals surface area contributed by atoms with Gasteiger partial charge in [-0.2, -0.15) is 34.2 Å². The summed E-state index contributed by atoms with van der Waals surface area (Å²) in [6, 6.07) is 5.85. The van der Waals surface area contributed by atoms with Crippen molar-refractivity contribution < 1.29 is 117 Å². The van der Waals surface area contributed by atoms with Crippen molar-refractivity contribution in [3.8, 4) is 23.8 Å². The van der Waals surface area contributed by atoms with Gasteiger partial charge in [-0.3, -0.25) is 5.04 Å². The Morgan fingerprint density at radius 3 is 1.56 bits per heavy atom. The third-order valence-corrected chi connectivity index (χ3v) is 6.93. The van der Waals surface area contributed by atoms with Crippen LogP contribution in [-0.4, -0.2) is 138 Å². The van der Waals surface area contributed by atoms with Crippen molar-refractivity contribution in [2.24, 2.45) is 0 Å². The molecule has 3 aromatic heterocycles. The Kier molecular flexibility index (Phi) is 20.3. The zero-order chi connectivity index (χ0) is 35.9. The largest absolute Gasteiger partial charge is 1.00 e. The van der Waals surface area contributed by atoms with E-state index in [0.717, 1.165) is 0 Å². The Morgan fingerprint density at radius 2 is 1.15 bits per heavy atom. The summed E-state index contributed by atoms with van der Waals surface area (Å²) in [5.41, 5.74) is 0. The van der Waals surface area contributed by atoms with Crippen molar-refractivity contribution in [3.05, 3.63) is 24.3 Å². The molecule has 0 aliphatic rings. The van der Waals surface area contributed by atoms with Gasteiger partial charge in [0.1, 0.15) is 16.0 Å². The fraction of sp³-hybridized carbons (Fsp3) is 0.417. The number of anilines is 4. The van der Waals surface area contributed by atoms with Crippen LogP contribution in [0.3, 0.4) is 0 Å². The number of nitrogens with zero attached hydrogens (tertiary/aromatic N) is 10. The number of aromatic nitrogens is 8. The molecule has 0 fully saturated rings. The van der Waals surface area contributed by atoms with Crippen LogP contribution in [0.5, 0.6) is 23.8 Å². The van der Waals surface area contributed by atoms with Crippen LogP contribution in [0.1, 0.15) is 0 Å². The van der Waals surface area contributed by atoms with Crippen molar-refractivity contribution in [1.29, 1.82) is 0 Å². The Labute approximate surface area is 343 Å². The number of benzene rings is 1. The molecule has 0 atom stereocenters. The summed E-state index contributed by atoms with van der Waals surface area (Å²) in [5.74, 6) is -1.85. The number of aliphatic hydroxyl groups excluding tert-OH is 4. The molecule has 0 aliphatic carbocycles. The molecule has 4 rings (SSSR count). The molecule has 0 aliphatic heterocycles. The van der Waals surface area contributed by atoms with Gasteiger partial charge in [-0.15, -0.1) is 10.2 Å². The van der Waals surface area contributed by atoms with Gasteiger partial charge in [0.25, 0.3) is 11.8 Å². The van der Waals surface area contributed by atoms with E-state index in [1.165, 1.54) is 9.80 Å². The van der Waals surface area contributed by atoms with Crippen LogP contribution in [0.15, 0.2) is 24.3 Å². The first kappa shape index (κ1) is 45.5. The Balaban J connectivity index is 0.00000468. The van der Waals surface area contributed by atoms with E-state index in [4.69, 9.17) is 9.47 Å². The number of fused-ring (bicyclic) bond motifs is 1. The van der Waals surface area contributed by atoms with E-state index in [0.29, 0.717) is 22.8 Å². The molecule has 0 unspecified atom stereocenters. The Bertz CT molecular complexity index is 1800. The molecule has 272 valence electrons. The Morgan fingerprint density at radius 1 is 0.712 bits per heavy atom. The van der Waals surface area contributed by atoms with Gasteiger partial charge in [0.15, 0.2) is 0 Å². The molecule has 6 N–H and O–H groups in total. The molecule has 1 aromatic carbocycles. The van der Waals surface area contributed by atoms with E-state index >= 15 is 0 Å². The van der Waals surface area contributed by atoms with Crippen molar-refractivity contribution in [2.75, 3.05) is 84.8 Å². The van der Waals surface area contributed by atoms with Gasteiger partial charge in [0, 0.05) is 26.2 Å². The number of rotatable bonds is 22. The summed E-state index contributed by atoms with van der Waals surface area (Å²) in [4.78, 5) is 27.8. The minimum absolute atomic E-state index is 0. The molecule has 0 saturated heterocycles. The quantitative estimate of drug-likeness (QED) is 0.00819. The molecule has 24 nitrogen and oxygen atoms in total. The minimum Gasteiger partial charge on any atom is -0.747 e. The second-order valence-corrected chi connectivity index (χ2v) is 11.4. The first-order valence-electron chi connectivity index (χ1n) is 14.2. The van der Waals surface area contributed by atoms with Gasteiger partial charge in [0.05, 0.1) is 55.1 Å². The van der Waals surface area contributed by atoms with Crippen molar-refractivity contribution in [2.45, 2.75) is 0 Å². The summed E-state index contributed by atoms with van der Waals surface area (Å²) in [6.45, 7) is -1.19. The monoisotopic (exact) mass is 788 g/mol. The maximum atomic E-state index is 11.2. The van der Waals surface area contributed by atoms with Crippen LogP contribution in [0.25, 0.3) is 10.8 Å². The van der Waals surface area contributed by atoms with E-state index in [9.17, 15) is 38.7 Å². The normalized spacial score (nSPS) is 11.0. The van der Waals surface area contributed by atoms with E-state index in [1.807, 2.05) is 0 Å². The predicted octanol–water partition coefficient (Wildman–Crippen LogP) is -8.67. The van der Waals surface area contributed by atoms with Crippen LogP contribution in [0.2, 0.25) is 0 Å². The molecule has 3 heterocycles. The number of ether oxygens (including phenoxy) is 2. The summed E-state index contributed by atoms with van der Waals surface area (Å²) in [6.07, 6.45) is 0. The SMILES string of the molecule is O=S(=O)([O-])CNc1nc(Oc2nnc(Oc3nc(NCSOO[O-])nc(N(CCO)CCO)n3)c3ccccc23)nc(N(CCO)CCO)n1.[Na+].[Na+]. The van der Waals surface area contributed by atoms with Gasteiger partial charge >= 0.3 is 71.1 Å². The summed E-state index contributed by atoms with van der Waals surface area (Å²) < 4.78 is 49.7. The topological polar surface area (TPSA) is 332 Å². The van der Waals surface area contributed by atoms with Crippen LogP contribution < -0.4 is 94.3 Å². The molecule has 28 heteroatoms. The van der Waals surface area contributed by atoms with Crippen LogP contribution >= 0.6 is 12.0 Å². The van der Waals surface area contributed by atoms with E-state index in [1.54, 1.807) is 24.3 Å².